The van der Waals surface area contributed by atoms with Gasteiger partial charge in [0.2, 0.25) is 5.91 Å². The van der Waals surface area contributed by atoms with Gasteiger partial charge in [-0.15, -0.1) is 0 Å². The second-order valence-corrected chi connectivity index (χ2v) is 10.00. The molecule has 172 valence electrons. The number of rotatable bonds is 3. The van der Waals surface area contributed by atoms with Crippen molar-refractivity contribution < 1.29 is 14.4 Å². The van der Waals surface area contributed by atoms with Crippen LogP contribution in [0.3, 0.4) is 0 Å². The number of imide groups is 1. The van der Waals surface area contributed by atoms with Gasteiger partial charge >= 0.3 is 0 Å². The van der Waals surface area contributed by atoms with E-state index >= 15 is 0 Å². The number of hydrogen-bond acceptors (Lipinski definition) is 4. The maximum absolute atomic E-state index is 13.6. The number of carbonyl (C=O) groups excluding carboxylic acids is 3. The SMILES string of the molecule is O=C([C@@H]1CCCN(c2cccc3c2C(=O)N(C2CCCCCCC2)C3=O)C1)N1CCCC1. The predicted molar refractivity (Wildman–Crippen MR) is 124 cm³/mol. The number of fused-ring (bicyclic) bond motifs is 1. The van der Waals surface area contributed by atoms with Gasteiger partial charge in [-0.2, -0.15) is 0 Å². The third-order valence-corrected chi connectivity index (χ3v) is 7.89. The lowest BCUT2D eigenvalue weighted by Crippen LogP contribution is -2.44. The van der Waals surface area contributed by atoms with Crippen molar-refractivity contribution >= 4 is 23.4 Å². The number of benzene rings is 1. The quantitative estimate of drug-likeness (QED) is 0.664. The zero-order valence-corrected chi connectivity index (χ0v) is 19.1. The Bertz CT molecular complexity index is 884. The molecule has 4 aliphatic rings. The molecule has 1 aromatic rings. The molecular weight excluding hydrogens is 402 g/mol. The van der Waals surface area contributed by atoms with E-state index < -0.39 is 0 Å². The monoisotopic (exact) mass is 437 g/mol. The first kappa shape index (κ1) is 21.5. The minimum Gasteiger partial charge on any atom is -0.370 e. The Labute approximate surface area is 190 Å². The van der Waals surface area contributed by atoms with Crippen LogP contribution in [-0.4, -0.2) is 59.7 Å². The van der Waals surface area contributed by atoms with E-state index in [0.717, 1.165) is 76.7 Å². The number of likely N-dealkylation sites (tertiary alicyclic amines) is 1. The fraction of sp³-hybridized carbons (Fsp3) is 0.654. The molecule has 1 saturated carbocycles. The maximum Gasteiger partial charge on any atom is 0.263 e. The Kier molecular flexibility index (Phi) is 6.20. The Balaban J connectivity index is 1.38. The molecule has 0 radical (unpaired) electrons. The molecule has 2 saturated heterocycles. The zero-order valence-electron chi connectivity index (χ0n) is 19.1. The van der Waals surface area contributed by atoms with Crippen molar-refractivity contribution in [3.8, 4) is 0 Å². The largest absolute Gasteiger partial charge is 0.370 e. The highest BCUT2D eigenvalue weighted by Gasteiger charge is 2.42. The van der Waals surface area contributed by atoms with Gasteiger partial charge in [0.1, 0.15) is 0 Å². The molecule has 5 rings (SSSR count). The molecule has 0 N–H and O–H groups in total. The van der Waals surface area contributed by atoms with Crippen molar-refractivity contribution in [2.75, 3.05) is 31.1 Å². The number of nitrogens with zero attached hydrogens (tertiary/aromatic N) is 3. The summed E-state index contributed by atoms with van der Waals surface area (Å²) < 4.78 is 0. The zero-order chi connectivity index (χ0) is 22.1. The van der Waals surface area contributed by atoms with Gasteiger partial charge in [0.05, 0.1) is 22.7 Å². The van der Waals surface area contributed by atoms with E-state index in [4.69, 9.17) is 0 Å². The first-order valence-electron chi connectivity index (χ1n) is 12.7. The third-order valence-electron chi connectivity index (χ3n) is 7.89. The summed E-state index contributed by atoms with van der Waals surface area (Å²) in [5.41, 5.74) is 1.95. The summed E-state index contributed by atoms with van der Waals surface area (Å²) in [4.78, 5) is 45.7. The van der Waals surface area contributed by atoms with E-state index in [1.54, 1.807) is 11.0 Å². The predicted octanol–water partition coefficient (Wildman–Crippen LogP) is 4.23. The normalized spacial score (nSPS) is 25.1. The van der Waals surface area contributed by atoms with E-state index in [1.807, 2.05) is 17.0 Å². The number of amides is 3. The molecule has 1 atom stereocenters. The Hall–Kier alpha value is -2.37. The highest BCUT2D eigenvalue weighted by molar-refractivity contribution is 6.24. The molecule has 3 heterocycles. The minimum atomic E-state index is -0.126. The Morgan fingerprint density at radius 1 is 0.781 bits per heavy atom. The number of anilines is 1. The van der Waals surface area contributed by atoms with Crippen LogP contribution in [0.15, 0.2) is 18.2 Å². The number of carbonyl (C=O) groups is 3. The highest BCUT2D eigenvalue weighted by Crippen LogP contribution is 2.37. The van der Waals surface area contributed by atoms with Gasteiger partial charge in [-0.3, -0.25) is 19.3 Å². The standard InChI is InChI=1S/C26H35N3O3/c30-24(27-15-6-7-16-27)19-10-9-17-28(18-19)22-14-8-13-21-23(22)26(32)29(25(21)31)20-11-4-2-1-3-5-12-20/h8,13-14,19-20H,1-7,9-12,15-18H2/t19-/m1/s1. The average Bonchev–Trinajstić information content (AvgIpc) is 3.42. The summed E-state index contributed by atoms with van der Waals surface area (Å²) in [6.07, 6.45) is 11.7. The summed E-state index contributed by atoms with van der Waals surface area (Å²) in [7, 11) is 0. The lowest BCUT2D eigenvalue weighted by atomic mass is 9.95. The summed E-state index contributed by atoms with van der Waals surface area (Å²) in [5.74, 6) is -0.0109. The molecule has 0 unspecified atom stereocenters. The highest BCUT2D eigenvalue weighted by atomic mass is 16.2. The van der Waals surface area contributed by atoms with Gasteiger partial charge in [0.25, 0.3) is 11.8 Å². The number of piperidine rings is 1. The summed E-state index contributed by atoms with van der Waals surface area (Å²) in [6, 6.07) is 5.68. The molecule has 6 nitrogen and oxygen atoms in total. The van der Waals surface area contributed by atoms with Crippen LogP contribution in [0.2, 0.25) is 0 Å². The van der Waals surface area contributed by atoms with Crippen LogP contribution in [0.4, 0.5) is 5.69 Å². The van der Waals surface area contributed by atoms with Crippen LogP contribution < -0.4 is 4.90 Å². The maximum atomic E-state index is 13.6. The molecule has 0 bridgehead atoms. The van der Waals surface area contributed by atoms with Gasteiger partial charge in [0.15, 0.2) is 0 Å². The lowest BCUT2D eigenvalue weighted by molar-refractivity contribution is -0.134. The van der Waals surface area contributed by atoms with Crippen molar-refractivity contribution in [2.45, 2.75) is 76.7 Å². The van der Waals surface area contributed by atoms with Crippen molar-refractivity contribution in [3.63, 3.8) is 0 Å². The second kappa shape index (κ2) is 9.24. The van der Waals surface area contributed by atoms with E-state index in [1.165, 1.54) is 19.3 Å². The molecule has 1 aliphatic carbocycles. The van der Waals surface area contributed by atoms with Crippen molar-refractivity contribution in [2.24, 2.45) is 5.92 Å². The van der Waals surface area contributed by atoms with E-state index in [0.29, 0.717) is 17.7 Å². The van der Waals surface area contributed by atoms with Gasteiger partial charge in [-0.25, -0.2) is 0 Å². The van der Waals surface area contributed by atoms with Crippen LogP contribution in [0.5, 0.6) is 0 Å². The summed E-state index contributed by atoms with van der Waals surface area (Å²) in [6.45, 7) is 3.21. The molecule has 0 spiro atoms. The molecule has 3 amide bonds. The smallest absolute Gasteiger partial charge is 0.263 e. The fourth-order valence-electron chi connectivity index (χ4n) is 6.17. The average molecular weight is 438 g/mol. The summed E-state index contributed by atoms with van der Waals surface area (Å²) >= 11 is 0. The lowest BCUT2D eigenvalue weighted by Gasteiger charge is -2.36. The third kappa shape index (κ3) is 3.93. The molecule has 3 aliphatic heterocycles. The minimum absolute atomic E-state index is 0.0152. The molecule has 1 aromatic carbocycles. The van der Waals surface area contributed by atoms with Crippen molar-refractivity contribution in [3.05, 3.63) is 29.3 Å². The van der Waals surface area contributed by atoms with Crippen LogP contribution >= 0.6 is 0 Å². The van der Waals surface area contributed by atoms with E-state index in [9.17, 15) is 14.4 Å². The molecule has 6 heteroatoms. The van der Waals surface area contributed by atoms with Gasteiger partial charge in [-0.05, 0) is 50.7 Å². The second-order valence-electron chi connectivity index (χ2n) is 10.00. The van der Waals surface area contributed by atoms with Crippen LogP contribution in [-0.2, 0) is 4.79 Å². The fourth-order valence-corrected chi connectivity index (χ4v) is 6.17. The van der Waals surface area contributed by atoms with Gasteiger partial charge in [0, 0.05) is 32.2 Å². The van der Waals surface area contributed by atoms with Crippen molar-refractivity contribution in [1.29, 1.82) is 0 Å². The molecule has 0 aromatic heterocycles. The number of hydrogen-bond donors (Lipinski definition) is 0. The van der Waals surface area contributed by atoms with Crippen molar-refractivity contribution in [1.82, 2.24) is 9.80 Å². The first-order valence-corrected chi connectivity index (χ1v) is 12.7. The van der Waals surface area contributed by atoms with Crippen LogP contribution in [0.25, 0.3) is 0 Å². The summed E-state index contributed by atoms with van der Waals surface area (Å²) in [5, 5.41) is 0. The van der Waals surface area contributed by atoms with Crippen LogP contribution in [0.1, 0.15) is 91.3 Å². The van der Waals surface area contributed by atoms with E-state index in [-0.39, 0.29) is 29.7 Å². The first-order chi connectivity index (χ1) is 15.6. The van der Waals surface area contributed by atoms with E-state index in [2.05, 4.69) is 4.90 Å². The van der Waals surface area contributed by atoms with Gasteiger partial charge in [-0.1, -0.05) is 38.2 Å². The van der Waals surface area contributed by atoms with Gasteiger partial charge < -0.3 is 9.80 Å². The Morgan fingerprint density at radius 2 is 1.50 bits per heavy atom. The topological polar surface area (TPSA) is 60.9 Å². The molecule has 32 heavy (non-hydrogen) atoms. The van der Waals surface area contributed by atoms with Crippen LogP contribution in [0, 0.1) is 5.92 Å². The molecule has 3 fully saturated rings. The Morgan fingerprint density at radius 3 is 2.25 bits per heavy atom. The molecular formula is C26H35N3O3.